The van der Waals surface area contributed by atoms with Crippen LogP contribution >= 0.6 is 0 Å². The first-order valence-electron chi connectivity index (χ1n) is 21.2. The predicted octanol–water partition coefficient (Wildman–Crippen LogP) is -11.9. The molecule has 6 rings (SSSR count). The average Bonchev–Trinajstić information content (AvgIpc) is 3.29. The van der Waals surface area contributed by atoms with E-state index in [1.54, 1.807) is 0 Å². The maximum absolute atomic E-state index is 10.8. The smallest absolute Gasteiger partial charge is 0.394 e. The van der Waals surface area contributed by atoms with Crippen LogP contribution < -0.4 is 34.4 Å². The number of nitrogens with two attached hydrogens (primary N) is 6. The van der Waals surface area contributed by atoms with Gasteiger partial charge in [-0.1, -0.05) is 0 Å². The summed E-state index contributed by atoms with van der Waals surface area (Å²) in [7, 11) is 0. The van der Waals surface area contributed by atoms with Crippen molar-refractivity contribution in [1.82, 2.24) is 0 Å². The van der Waals surface area contributed by atoms with Crippen LogP contribution in [0.2, 0.25) is 0 Å². The molecule has 376 valence electrons. The van der Waals surface area contributed by atoms with Gasteiger partial charge < -0.3 is 143 Å². The van der Waals surface area contributed by atoms with Crippen LogP contribution in [0, 0.1) is 107 Å². The molecule has 6 saturated heterocycles. The van der Waals surface area contributed by atoms with Gasteiger partial charge in [0.15, 0.2) is 25.2 Å². The topological polar surface area (TPSA) is 491 Å². The number of aliphatic hydroxyl groups is 12. The fourth-order valence-electron chi connectivity index (χ4n) is 8.18. The third-order valence-corrected chi connectivity index (χ3v) is 12.2. The van der Waals surface area contributed by atoms with E-state index in [4.69, 9.17) is 81.8 Å². The maximum atomic E-state index is 10.8. The fourth-order valence-corrected chi connectivity index (χ4v) is 8.18. The minimum absolute atomic E-state index is 0. The van der Waals surface area contributed by atoms with Gasteiger partial charge in [0.05, 0.1) is 114 Å². The fraction of sp³-hybridized carbons (Fsp3) is 1.00. The Hall–Kier alpha value is 2.46. The summed E-state index contributed by atoms with van der Waals surface area (Å²) in [5.41, 5.74) is 35.7. The summed E-state index contributed by atoms with van der Waals surface area (Å²) in [5, 5.41) is 120. The molecule has 24 N–H and O–H groups in total. The van der Waals surface area contributed by atoms with Gasteiger partial charge in [-0.05, 0) is 0 Å². The molecule has 67 heavy (non-hydrogen) atoms. The van der Waals surface area contributed by atoms with Crippen LogP contribution in [-0.4, -0.2) is 273 Å². The van der Waals surface area contributed by atoms with Crippen molar-refractivity contribution in [3.63, 3.8) is 0 Å². The van der Waals surface area contributed by atoms with E-state index < -0.39 is 186 Å². The molecule has 0 radical (unpaired) electrons. The molecule has 0 spiro atoms. The minimum atomic E-state index is -1.43. The molecule has 0 bridgehead atoms. The molecule has 31 heteroatoms. The summed E-state index contributed by atoms with van der Waals surface area (Å²) in [5.74, 6) is 0. The van der Waals surface area contributed by atoms with E-state index in [1.165, 1.54) is 0 Å². The van der Waals surface area contributed by atoms with Gasteiger partial charge in [0.25, 0.3) is 0 Å². The molecule has 6 heterocycles. The van der Waals surface area contributed by atoms with Crippen molar-refractivity contribution in [1.29, 1.82) is 0 Å². The Labute approximate surface area is 469 Å². The zero-order valence-corrected chi connectivity index (χ0v) is 47.6. The van der Waals surface area contributed by atoms with Gasteiger partial charge in [-0.2, -0.15) is 0 Å². The van der Waals surface area contributed by atoms with Crippen molar-refractivity contribution in [3.8, 4) is 0 Å². The Morgan fingerprint density at radius 3 is 0.940 bits per heavy atom. The normalized spacial score (nSPS) is 48.1. The molecule has 6 fully saturated rings. The van der Waals surface area contributed by atoms with Gasteiger partial charge in [-0.15, -0.1) is 0 Å². The molecular formula is C36H70La3N6O22+9. The maximum Gasteiger partial charge on any atom is 3.00 e. The molecule has 0 aromatic rings. The number of aliphatic hydroxyl groups excluding tert-OH is 12. The second-order valence-corrected chi connectivity index (χ2v) is 16.8. The van der Waals surface area contributed by atoms with Crippen LogP contribution in [-0.2, 0) is 47.4 Å². The van der Waals surface area contributed by atoms with Crippen LogP contribution in [0.5, 0.6) is 0 Å². The molecule has 26 atom stereocenters. The minimum Gasteiger partial charge on any atom is -0.394 e. The summed E-state index contributed by atoms with van der Waals surface area (Å²) in [6.07, 6.45) is -22.2. The van der Waals surface area contributed by atoms with Crippen LogP contribution in [0.3, 0.4) is 0 Å². The molecule has 6 aliphatic heterocycles. The van der Waals surface area contributed by atoms with E-state index in [0.29, 0.717) is 0 Å². The number of hydrogen-bond donors (Lipinski definition) is 18. The standard InChI is InChI=1S/2C18H35N3O11.3La/c2*19-7-5-28-9(3-23)15(13(7)26)31-18-12(21)14(27)16(10(4-24)30-18)32-17-11(20)8(25)1-6(2-22)29-17;;;/h2*6-18,22-27H,1-5,19-21H2;;;/q;;3*+3/t2*6-,7-,8+,9+,10+,11+,12+,13-,14-,15+,16+,17-,18-;;;/m10.../s1. The predicted molar refractivity (Wildman–Crippen MR) is 209 cm³/mol. The quantitative estimate of drug-likeness (QED) is 0.0768. The van der Waals surface area contributed by atoms with Crippen molar-refractivity contribution in [2.45, 2.75) is 172 Å². The first-order chi connectivity index (χ1) is 30.4. The summed E-state index contributed by atoms with van der Waals surface area (Å²) < 4.78 is 56.1. The van der Waals surface area contributed by atoms with Crippen LogP contribution in [0.4, 0.5) is 0 Å². The Morgan fingerprint density at radius 1 is 0.373 bits per heavy atom. The van der Waals surface area contributed by atoms with E-state index in [2.05, 4.69) is 0 Å². The number of ether oxygens (including phenoxy) is 10. The van der Waals surface area contributed by atoms with Crippen molar-refractivity contribution in [2.75, 3.05) is 52.9 Å². The molecule has 0 saturated carbocycles. The molecule has 28 nitrogen and oxygen atoms in total. The third kappa shape index (κ3) is 16.2. The van der Waals surface area contributed by atoms with Gasteiger partial charge in [0, 0.05) is 12.8 Å². The first kappa shape index (κ1) is 65.6. The summed E-state index contributed by atoms with van der Waals surface area (Å²) in [6, 6.07) is -5.90. The number of hydrogen-bond acceptors (Lipinski definition) is 28. The SMILES string of the molecule is N[C@@H]1[C@@H](O[C@@H]2[C@H](O)[C@H](N)CO[C@H]2CO)O[C@@H](CO)[C@H](O[C@H]2O[C@@H](CO)C[C@H](O)[C@@H]2N)[C@@H]1O.N[C@H]1[C@H](O[C@H]2[C@@H](O)[C@@H](N)CO[C@@H]2CO)O[C@H](CO)[C@@H](O[C@@H]2O[C@H](CO)C[C@@H](O)[C@H]2N)[C@H]1O.[La+3].[La+3].[La+3]. The molecule has 0 amide bonds. The second kappa shape index (κ2) is 30.9. The van der Waals surface area contributed by atoms with Crippen molar-refractivity contribution < 1.29 is 215 Å². The summed E-state index contributed by atoms with van der Waals surface area (Å²) >= 11 is 0. The first-order valence-corrected chi connectivity index (χ1v) is 21.2. The van der Waals surface area contributed by atoms with E-state index in [9.17, 15) is 61.3 Å². The Kier molecular flexibility index (Phi) is 30.2. The van der Waals surface area contributed by atoms with E-state index >= 15 is 0 Å². The van der Waals surface area contributed by atoms with Gasteiger partial charge in [-0.25, -0.2) is 0 Å². The van der Waals surface area contributed by atoms with E-state index in [0.717, 1.165) is 0 Å². The van der Waals surface area contributed by atoms with Gasteiger partial charge in [-0.3, -0.25) is 0 Å². The van der Waals surface area contributed by atoms with Crippen molar-refractivity contribution in [3.05, 3.63) is 0 Å². The molecular weight excluding hydrogens is 1290 g/mol. The molecule has 0 unspecified atom stereocenters. The molecule has 0 aromatic carbocycles. The van der Waals surface area contributed by atoms with Crippen molar-refractivity contribution >= 4 is 0 Å². The van der Waals surface area contributed by atoms with Crippen molar-refractivity contribution in [2.24, 2.45) is 34.4 Å². The monoisotopic (exact) mass is 1360 g/mol. The third-order valence-electron chi connectivity index (χ3n) is 12.2. The van der Waals surface area contributed by atoms with Gasteiger partial charge in [0.2, 0.25) is 0 Å². The number of rotatable bonds is 14. The second-order valence-electron chi connectivity index (χ2n) is 16.8. The molecule has 0 aliphatic carbocycles. The Morgan fingerprint density at radius 2 is 0.657 bits per heavy atom. The van der Waals surface area contributed by atoms with Gasteiger partial charge >= 0.3 is 107 Å². The van der Waals surface area contributed by atoms with Crippen LogP contribution in [0.1, 0.15) is 12.8 Å². The largest absolute Gasteiger partial charge is 3.00 e. The zero-order valence-electron chi connectivity index (χ0n) is 36.7. The van der Waals surface area contributed by atoms with Gasteiger partial charge in [0.1, 0.15) is 73.2 Å². The van der Waals surface area contributed by atoms with Crippen LogP contribution in [0.25, 0.3) is 0 Å². The molecule has 6 aliphatic rings. The average molecular weight is 1360 g/mol. The zero-order chi connectivity index (χ0) is 47.2. The van der Waals surface area contributed by atoms with E-state index in [-0.39, 0.29) is 146 Å². The Bertz CT molecular complexity index is 1290. The summed E-state index contributed by atoms with van der Waals surface area (Å²) in [4.78, 5) is 0. The summed E-state index contributed by atoms with van der Waals surface area (Å²) in [6.45, 7) is -2.82. The van der Waals surface area contributed by atoms with Crippen LogP contribution in [0.15, 0.2) is 0 Å². The Balaban J connectivity index is 0.000000440. The van der Waals surface area contributed by atoms with E-state index in [1.807, 2.05) is 0 Å². The molecule has 0 aromatic heterocycles.